The van der Waals surface area contributed by atoms with E-state index < -0.39 is 0 Å². The van der Waals surface area contributed by atoms with E-state index in [1.807, 2.05) is 23.0 Å². The van der Waals surface area contributed by atoms with Gasteiger partial charge in [-0.1, -0.05) is 13.3 Å². The maximum absolute atomic E-state index is 4.63. The first-order valence-electron chi connectivity index (χ1n) is 6.52. The standard InChI is InChI=1S/C13H17BrN4/c1-2-10-4-3-6-17(8-10)13-12-15-5-7-18(12)9-11(14)16-13/h5,7,9-10H,2-4,6,8H2,1H3. The molecule has 0 saturated carbocycles. The molecule has 1 atom stereocenters. The van der Waals surface area contributed by atoms with Crippen molar-refractivity contribution in [2.75, 3.05) is 18.0 Å². The van der Waals surface area contributed by atoms with E-state index in [1.54, 1.807) is 0 Å². The largest absolute Gasteiger partial charge is 0.353 e. The molecular formula is C13H17BrN4. The van der Waals surface area contributed by atoms with Gasteiger partial charge in [-0.3, -0.25) is 0 Å². The summed E-state index contributed by atoms with van der Waals surface area (Å²) >= 11 is 3.48. The quantitative estimate of drug-likeness (QED) is 0.854. The lowest BCUT2D eigenvalue weighted by atomic mass is 9.96. The molecular weight excluding hydrogens is 292 g/mol. The maximum Gasteiger partial charge on any atom is 0.180 e. The van der Waals surface area contributed by atoms with Crippen LogP contribution in [0.5, 0.6) is 0 Å². The third-order valence-corrected chi connectivity index (χ3v) is 4.10. The zero-order chi connectivity index (χ0) is 12.5. The molecule has 0 spiro atoms. The molecule has 1 aliphatic rings. The number of fused-ring (bicyclic) bond motifs is 1. The van der Waals surface area contributed by atoms with E-state index in [2.05, 4.69) is 37.7 Å². The average molecular weight is 309 g/mol. The van der Waals surface area contributed by atoms with Crippen LogP contribution < -0.4 is 4.90 Å². The Morgan fingerprint density at radius 1 is 1.50 bits per heavy atom. The molecule has 2 aromatic rings. The van der Waals surface area contributed by atoms with Crippen molar-refractivity contribution in [2.45, 2.75) is 26.2 Å². The number of halogens is 1. The fourth-order valence-electron chi connectivity index (χ4n) is 2.69. The molecule has 4 nitrogen and oxygen atoms in total. The molecule has 2 aromatic heterocycles. The topological polar surface area (TPSA) is 33.4 Å². The molecule has 1 unspecified atom stereocenters. The first kappa shape index (κ1) is 12.0. The second-order valence-electron chi connectivity index (χ2n) is 4.91. The third-order valence-electron chi connectivity index (χ3n) is 3.72. The van der Waals surface area contributed by atoms with Gasteiger partial charge in [0.25, 0.3) is 0 Å². The number of anilines is 1. The van der Waals surface area contributed by atoms with Crippen LogP contribution in [-0.2, 0) is 0 Å². The Bertz CT molecular complexity index is 551. The van der Waals surface area contributed by atoms with E-state index >= 15 is 0 Å². The van der Waals surface area contributed by atoms with Crippen LogP contribution in [-0.4, -0.2) is 27.5 Å². The van der Waals surface area contributed by atoms with Crippen molar-refractivity contribution in [1.29, 1.82) is 0 Å². The third kappa shape index (κ3) is 2.11. The summed E-state index contributed by atoms with van der Waals surface area (Å²) in [6.45, 7) is 4.46. The molecule has 5 heteroatoms. The normalized spacial score (nSPS) is 20.6. The maximum atomic E-state index is 4.63. The molecule has 3 rings (SSSR count). The minimum Gasteiger partial charge on any atom is -0.353 e. The Kier molecular flexibility index (Phi) is 3.24. The van der Waals surface area contributed by atoms with Gasteiger partial charge in [-0.05, 0) is 34.7 Å². The predicted octanol–water partition coefficient (Wildman–Crippen LogP) is 3.12. The van der Waals surface area contributed by atoms with Crippen LogP contribution in [0.4, 0.5) is 5.82 Å². The summed E-state index contributed by atoms with van der Waals surface area (Å²) in [6.07, 6.45) is 9.58. The fourth-order valence-corrected chi connectivity index (χ4v) is 3.08. The summed E-state index contributed by atoms with van der Waals surface area (Å²) < 4.78 is 2.89. The summed E-state index contributed by atoms with van der Waals surface area (Å²) in [6, 6.07) is 0. The van der Waals surface area contributed by atoms with Crippen molar-refractivity contribution < 1.29 is 0 Å². The Balaban J connectivity index is 2.00. The molecule has 3 heterocycles. The minimum atomic E-state index is 0.787. The highest BCUT2D eigenvalue weighted by atomic mass is 79.9. The highest BCUT2D eigenvalue weighted by Gasteiger charge is 2.22. The molecule has 0 aliphatic carbocycles. The lowest BCUT2D eigenvalue weighted by molar-refractivity contribution is 0.403. The molecule has 0 aromatic carbocycles. The highest BCUT2D eigenvalue weighted by molar-refractivity contribution is 9.10. The molecule has 1 saturated heterocycles. The van der Waals surface area contributed by atoms with E-state index in [0.717, 1.165) is 35.1 Å². The summed E-state index contributed by atoms with van der Waals surface area (Å²) in [5, 5.41) is 0. The Morgan fingerprint density at radius 2 is 2.39 bits per heavy atom. The van der Waals surface area contributed by atoms with Gasteiger partial charge in [-0.15, -0.1) is 0 Å². The fraction of sp³-hybridized carbons (Fsp3) is 0.538. The number of aromatic nitrogens is 3. The SMILES string of the molecule is CCC1CCCN(c2nc(Br)cn3ccnc23)C1. The Morgan fingerprint density at radius 3 is 3.22 bits per heavy atom. The van der Waals surface area contributed by atoms with Gasteiger partial charge in [-0.25, -0.2) is 9.97 Å². The van der Waals surface area contributed by atoms with Gasteiger partial charge in [-0.2, -0.15) is 0 Å². The molecule has 1 fully saturated rings. The molecule has 96 valence electrons. The molecule has 0 amide bonds. The summed E-state index contributed by atoms with van der Waals surface area (Å²) in [5.41, 5.74) is 0.954. The number of hydrogen-bond donors (Lipinski definition) is 0. The van der Waals surface area contributed by atoms with Crippen molar-refractivity contribution in [1.82, 2.24) is 14.4 Å². The number of nitrogens with zero attached hydrogens (tertiary/aromatic N) is 4. The molecule has 0 radical (unpaired) electrons. The Hall–Kier alpha value is -1.10. The number of piperidine rings is 1. The molecule has 1 aliphatic heterocycles. The van der Waals surface area contributed by atoms with Crippen LogP contribution in [0.2, 0.25) is 0 Å². The monoisotopic (exact) mass is 308 g/mol. The lowest BCUT2D eigenvalue weighted by Crippen LogP contribution is -2.36. The van der Waals surface area contributed by atoms with Gasteiger partial charge in [0.1, 0.15) is 4.60 Å². The first-order valence-corrected chi connectivity index (χ1v) is 7.31. The zero-order valence-electron chi connectivity index (χ0n) is 10.5. The minimum absolute atomic E-state index is 0.787. The van der Waals surface area contributed by atoms with Crippen molar-refractivity contribution in [2.24, 2.45) is 5.92 Å². The van der Waals surface area contributed by atoms with E-state index in [9.17, 15) is 0 Å². The van der Waals surface area contributed by atoms with Crippen molar-refractivity contribution in [3.63, 3.8) is 0 Å². The molecule has 0 N–H and O–H groups in total. The average Bonchev–Trinajstić information content (AvgIpc) is 2.85. The second kappa shape index (κ2) is 4.88. The van der Waals surface area contributed by atoms with Gasteiger partial charge in [0.2, 0.25) is 0 Å². The number of imidazole rings is 1. The van der Waals surface area contributed by atoms with Crippen molar-refractivity contribution >= 4 is 27.4 Å². The summed E-state index contributed by atoms with van der Waals surface area (Å²) in [4.78, 5) is 11.4. The van der Waals surface area contributed by atoms with Gasteiger partial charge in [0, 0.05) is 31.7 Å². The van der Waals surface area contributed by atoms with Crippen molar-refractivity contribution in [3.8, 4) is 0 Å². The van der Waals surface area contributed by atoms with E-state index in [0.29, 0.717) is 0 Å². The van der Waals surface area contributed by atoms with Crippen LogP contribution in [0.25, 0.3) is 5.65 Å². The van der Waals surface area contributed by atoms with Gasteiger partial charge in [0.15, 0.2) is 11.5 Å². The summed E-state index contributed by atoms with van der Waals surface area (Å²) in [5.74, 6) is 1.79. The van der Waals surface area contributed by atoms with Crippen molar-refractivity contribution in [3.05, 3.63) is 23.2 Å². The predicted molar refractivity (Wildman–Crippen MR) is 75.9 cm³/mol. The highest BCUT2D eigenvalue weighted by Crippen LogP contribution is 2.27. The van der Waals surface area contributed by atoms with Crippen LogP contribution in [0, 0.1) is 5.92 Å². The summed E-state index contributed by atoms with van der Waals surface area (Å²) in [7, 11) is 0. The van der Waals surface area contributed by atoms with Crippen LogP contribution in [0.1, 0.15) is 26.2 Å². The molecule has 18 heavy (non-hydrogen) atoms. The van der Waals surface area contributed by atoms with Gasteiger partial charge < -0.3 is 9.30 Å². The first-order chi connectivity index (χ1) is 8.78. The van der Waals surface area contributed by atoms with E-state index in [1.165, 1.54) is 19.3 Å². The molecule has 0 bridgehead atoms. The second-order valence-corrected chi connectivity index (χ2v) is 5.72. The van der Waals surface area contributed by atoms with Crippen LogP contribution in [0.3, 0.4) is 0 Å². The van der Waals surface area contributed by atoms with E-state index in [-0.39, 0.29) is 0 Å². The van der Waals surface area contributed by atoms with Crippen LogP contribution >= 0.6 is 15.9 Å². The lowest BCUT2D eigenvalue weighted by Gasteiger charge is -2.33. The van der Waals surface area contributed by atoms with Crippen LogP contribution in [0.15, 0.2) is 23.2 Å². The Labute approximate surface area is 115 Å². The number of rotatable bonds is 2. The van der Waals surface area contributed by atoms with Gasteiger partial charge >= 0.3 is 0 Å². The number of hydrogen-bond acceptors (Lipinski definition) is 3. The zero-order valence-corrected chi connectivity index (χ0v) is 12.1. The van der Waals surface area contributed by atoms with E-state index in [4.69, 9.17) is 0 Å². The smallest absolute Gasteiger partial charge is 0.180 e. The van der Waals surface area contributed by atoms with Gasteiger partial charge in [0.05, 0.1) is 0 Å².